The molecule has 2 aromatic carbocycles. The van der Waals surface area contributed by atoms with Crippen LogP contribution in [-0.2, 0) is 0 Å². The van der Waals surface area contributed by atoms with Gasteiger partial charge in [0, 0.05) is 11.2 Å². The van der Waals surface area contributed by atoms with Crippen molar-refractivity contribution in [2.45, 2.75) is 19.8 Å². The average Bonchev–Trinajstić information content (AvgIpc) is 2.54. The molecule has 0 saturated heterocycles. The summed E-state index contributed by atoms with van der Waals surface area (Å²) in [6.45, 7) is 2.95. The highest BCUT2D eigenvalue weighted by atomic mass is 79.9. The Bertz CT molecular complexity index is 511. The second kappa shape index (κ2) is 8.73. The smallest absolute Gasteiger partial charge is 0.127 e. The van der Waals surface area contributed by atoms with Gasteiger partial charge in [0.05, 0.1) is 6.61 Å². The Morgan fingerprint density at radius 1 is 0.905 bits per heavy atom. The van der Waals surface area contributed by atoms with Gasteiger partial charge >= 0.3 is 0 Å². The molecule has 0 aliphatic rings. The fourth-order valence-corrected chi connectivity index (χ4v) is 2.57. The Hall–Kier alpha value is -1.48. The van der Waals surface area contributed by atoms with Crippen LogP contribution < -0.4 is 9.47 Å². The molecule has 3 heteroatoms. The molecule has 2 rings (SSSR count). The maximum Gasteiger partial charge on any atom is 0.127 e. The normalized spacial score (nSPS) is 11.9. The standard InChI is InChI=1S/C18H21BrO2/c1-2-6-15(13-19)14-20-16-9-11-18(12-10-16)21-17-7-4-3-5-8-17/h3-5,7-12,15H,2,6,13-14H2,1H3. The first-order valence-corrected chi connectivity index (χ1v) is 8.45. The highest BCUT2D eigenvalue weighted by molar-refractivity contribution is 9.09. The van der Waals surface area contributed by atoms with Crippen LogP contribution >= 0.6 is 15.9 Å². The molecule has 0 aliphatic carbocycles. The van der Waals surface area contributed by atoms with Crippen LogP contribution in [0, 0.1) is 5.92 Å². The maximum atomic E-state index is 5.83. The summed E-state index contributed by atoms with van der Waals surface area (Å²) in [6, 6.07) is 17.6. The van der Waals surface area contributed by atoms with Crippen molar-refractivity contribution in [2.24, 2.45) is 5.92 Å². The minimum Gasteiger partial charge on any atom is -0.493 e. The van der Waals surface area contributed by atoms with Crippen LogP contribution in [0.15, 0.2) is 54.6 Å². The molecule has 0 radical (unpaired) electrons. The van der Waals surface area contributed by atoms with Gasteiger partial charge in [0.1, 0.15) is 17.2 Å². The van der Waals surface area contributed by atoms with Crippen LogP contribution in [0.4, 0.5) is 0 Å². The summed E-state index contributed by atoms with van der Waals surface area (Å²) in [6.07, 6.45) is 2.37. The molecule has 0 spiro atoms. The first-order valence-electron chi connectivity index (χ1n) is 7.33. The fourth-order valence-electron chi connectivity index (χ4n) is 2.06. The Kier molecular flexibility index (Phi) is 6.61. The molecule has 2 nitrogen and oxygen atoms in total. The molecular formula is C18H21BrO2. The van der Waals surface area contributed by atoms with Crippen molar-refractivity contribution in [3.63, 3.8) is 0 Å². The summed E-state index contributed by atoms with van der Waals surface area (Å²) < 4.78 is 11.6. The van der Waals surface area contributed by atoms with E-state index in [1.807, 2.05) is 54.6 Å². The lowest BCUT2D eigenvalue weighted by molar-refractivity contribution is 0.255. The van der Waals surface area contributed by atoms with Gasteiger partial charge in [0.25, 0.3) is 0 Å². The van der Waals surface area contributed by atoms with Gasteiger partial charge in [-0.1, -0.05) is 47.5 Å². The van der Waals surface area contributed by atoms with Crippen LogP contribution in [-0.4, -0.2) is 11.9 Å². The van der Waals surface area contributed by atoms with Crippen LogP contribution in [0.3, 0.4) is 0 Å². The van der Waals surface area contributed by atoms with Crippen LogP contribution in [0.25, 0.3) is 0 Å². The zero-order valence-corrected chi connectivity index (χ0v) is 13.9. The van der Waals surface area contributed by atoms with E-state index in [0.29, 0.717) is 5.92 Å². The number of hydrogen-bond donors (Lipinski definition) is 0. The van der Waals surface area contributed by atoms with Gasteiger partial charge in [0.15, 0.2) is 0 Å². The van der Waals surface area contributed by atoms with Gasteiger partial charge < -0.3 is 9.47 Å². The van der Waals surface area contributed by atoms with Crippen molar-refractivity contribution in [1.82, 2.24) is 0 Å². The lowest BCUT2D eigenvalue weighted by Gasteiger charge is -2.14. The monoisotopic (exact) mass is 348 g/mol. The third-order valence-corrected chi connectivity index (χ3v) is 4.12. The van der Waals surface area contributed by atoms with Crippen LogP contribution in [0.2, 0.25) is 0 Å². The molecule has 0 saturated carbocycles. The van der Waals surface area contributed by atoms with E-state index in [9.17, 15) is 0 Å². The molecule has 112 valence electrons. The van der Waals surface area contributed by atoms with Crippen molar-refractivity contribution in [2.75, 3.05) is 11.9 Å². The van der Waals surface area contributed by atoms with Gasteiger partial charge in [-0.25, -0.2) is 0 Å². The van der Waals surface area contributed by atoms with E-state index in [0.717, 1.165) is 29.2 Å². The minimum absolute atomic E-state index is 0.565. The van der Waals surface area contributed by atoms with Crippen LogP contribution in [0.5, 0.6) is 17.2 Å². The number of hydrogen-bond acceptors (Lipinski definition) is 2. The third-order valence-electron chi connectivity index (χ3n) is 3.20. The number of ether oxygens (including phenoxy) is 2. The number of alkyl halides is 1. The SMILES string of the molecule is CCCC(CBr)COc1ccc(Oc2ccccc2)cc1. The molecule has 1 atom stereocenters. The Labute approximate surface area is 135 Å². The molecule has 1 unspecified atom stereocenters. The summed E-state index contributed by atoms with van der Waals surface area (Å²) in [5.74, 6) is 3.11. The van der Waals surface area contributed by atoms with Gasteiger partial charge in [-0.15, -0.1) is 0 Å². The molecule has 2 aromatic rings. The van der Waals surface area contributed by atoms with Crippen molar-refractivity contribution < 1.29 is 9.47 Å². The van der Waals surface area contributed by atoms with E-state index in [1.165, 1.54) is 12.8 Å². The van der Waals surface area contributed by atoms with Gasteiger partial charge in [-0.3, -0.25) is 0 Å². The quantitative estimate of drug-likeness (QED) is 0.572. The zero-order valence-electron chi connectivity index (χ0n) is 12.3. The Morgan fingerprint density at radius 2 is 1.52 bits per heavy atom. The minimum atomic E-state index is 0.565. The van der Waals surface area contributed by atoms with E-state index >= 15 is 0 Å². The van der Waals surface area contributed by atoms with Crippen molar-refractivity contribution in [3.8, 4) is 17.2 Å². The molecule has 21 heavy (non-hydrogen) atoms. The first kappa shape index (κ1) is 15.9. The average molecular weight is 349 g/mol. The zero-order chi connectivity index (χ0) is 14.9. The number of para-hydroxylation sites is 1. The van der Waals surface area contributed by atoms with E-state index in [1.54, 1.807) is 0 Å². The Morgan fingerprint density at radius 3 is 2.14 bits per heavy atom. The maximum absolute atomic E-state index is 5.83. The van der Waals surface area contributed by atoms with E-state index in [-0.39, 0.29) is 0 Å². The summed E-state index contributed by atoms with van der Waals surface area (Å²) in [5.41, 5.74) is 0. The number of benzene rings is 2. The molecule has 0 amide bonds. The lowest BCUT2D eigenvalue weighted by Crippen LogP contribution is -2.13. The molecule has 0 aromatic heterocycles. The van der Waals surface area contributed by atoms with Gasteiger partial charge in [0.2, 0.25) is 0 Å². The molecule has 0 N–H and O–H groups in total. The van der Waals surface area contributed by atoms with E-state index < -0.39 is 0 Å². The highest BCUT2D eigenvalue weighted by Crippen LogP contribution is 2.24. The second-order valence-corrected chi connectivity index (χ2v) is 5.65. The van der Waals surface area contributed by atoms with Crippen molar-refractivity contribution >= 4 is 15.9 Å². The molecule has 0 fully saturated rings. The van der Waals surface area contributed by atoms with Gasteiger partial charge in [-0.2, -0.15) is 0 Å². The Balaban J connectivity index is 1.87. The lowest BCUT2D eigenvalue weighted by atomic mass is 10.1. The topological polar surface area (TPSA) is 18.5 Å². The van der Waals surface area contributed by atoms with Crippen LogP contribution in [0.1, 0.15) is 19.8 Å². The molecular weight excluding hydrogens is 328 g/mol. The predicted octanol–water partition coefficient (Wildman–Crippen LogP) is 5.67. The van der Waals surface area contributed by atoms with Gasteiger partial charge in [-0.05, 0) is 42.8 Å². The van der Waals surface area contributed by atoms with E-state index in [4.69, 9.17) is 9.47 Å². The summed E-state index contributed by atoms with van der Waals surface area (Å²) in [4.78, 5) is 0. The van der Waals surface area contributed by atoms with E-state index in [2.05, 4.69) is 22.9 Å². The summed E-state index contributed by atoms with van der Waals surface area (Å²) in [7, 11) is 0. The third kappa shape index (κ3) is 5.43. The largest absolute Gasteiger partial charge is 0.493 e. The summed E-state index contributed by atoms with van der Waals surface area (Å²) >= 11 is 3.54. The van der Waals surface area contributed by atoms with Crippen molar-refractivity contribution in [3.05, 3.63) is 54.6 Å². The second-order valence-electron chi connectivity index (χ2n) is 5.01. The predicted molar refractivity (Wildman–Crippen MR) is 90.6 cm³/mol. The summed E-state index contributed by atoms with van der Waals surface area (Å²) in [5, 5.41) is 0.982. The molecule has 0 heterocycles. The first-order chi connectivity index (χ1) is 10.3. The number of halogens is 1. The van der Waals surface area contributed by atoms with Crippen molar-refractivity contribution in [1.29, 1.82) is 0 Å². The highest BCUT2D eigenvalue weighted by Gasteiger charge is 2.07. The molecule has 0 aliphatic heterocycles. The fraction of sp³-hybridized carbons (Fsp3) is 0.333. The number of rotatable bonds is 8. The molecule has 0 bridgehead atoms.